The van der Waals surface area contributed by atoms with Gasteiger partial charge in [0.2, 0.25) is 5.91 Å². The molecule has 0 heterocycles. The van der Waals surface area contributed by atoms with Crippen molar-refractivity contribution in [3.05, 3.63) is 29.8 Å². The van der Waals surface area contributed by atoms with Crippen LogP contribution < -0.4 is 15.6 Å². The number of para-hydroxylation sites is 1. The van der Waals surface area contributed by atoms with Crippen molar-refractivity contribution in [1.29, 1.82) is 0 Å². The highest BCUT2D eigenvalue weighted by atomic mass is 16.5. The van der Waals surface area contributed by atoms with Gasteiger partial charge in [0.05, 0.1) is 6.61 Å². The number of carbonyl (C=O) groups excluding carboxylic acids is 1. The van der Waals surface area contributed by atoms with E-state index in [4.69, 9.17) is 4.74 Å². The SMILES string of the molecule is CCc1ccccc1OCCCC(=O)NNC. The van der Waals surface area contributed by atoms with Crippen LogP contribution in [0.4, 0.5) is 0 Å². The fraction of sp³-hybridized carbons (Fsp3) is 0.462. The second-order valence-corrected chi connectivity index (χ2v) is 3.71. The van der Waals surface area contributed by atoms with E-state index in [1.54, 1.807) is 7.05 Å². The maximum atomic E-state index is 11.1. The molecule has 0 aliphatic rings. The van der Waals surface area contributed by atoms with Gasteiger partial charge in [0.25, 0.3) is 0 Å². The number of ether oxygens (including phenoxy) is 1. The average Bonchev–Trinajstić information content (AvgIpc) is 2.35. The highest BCUT2D eigenvalue weighted by Gasteiger charge is 2.02. The third kappa shape index (κ3) is 4.87. The zero-order valence-electron chi connectivity index (χ0n) is 10.5. The van der Waals surface area contributed by atoms with Gasteiger partial charge in [-0.25, -0.2) is 5.43 Å². The molecule has 0 fully saturated rings. The van der Waals surface area contributed by atoms with Crippen molar-refractivity contribution < 1.29 is 9.53 Å². The molecular formula is C13H20N2O2. The molecule has 4 heteroatoms. The molecule has 0 saturated heterocycles. The standard InChI is InChI=1S/C13H20N2O2/c1-3-11-7-4-5-8-12(11)17-10-6-9-13(16)15-14-2/h4-5,7-8,14H,3,6,9-10H2,1-2H3,(H,15,16). The molecule has 0 saturated carbocycles. The van der Waals surface area contributed by atoms with Crippen LogP contribution >= 0.6 is 0 Å². The number of carbonyl (C=O) groups is 1. The molecule has 0 aromatic heterocycles. The molecule has 0 spiro atoms. The minimum atomic E-state index is -0.0140. The number of nitrogens with one attached hydrogen (secondary N) is 2. The fourth-order valence-electron chi connectivity index (χ4n) is 1.55. The molecule has 0 unspecified atom stereocenters. The van der Waals surface area contributed by atoms with Crippen molar-refractivity contribution in [2.75, 3.05) is 13.7 Å². The lowest BCUT2D eigenvalue weighted by molar-refractivity contribution is -0.122. The van der Waals surface area contributed by atoms with Gasteiger partial charge in [-0.1, -0.05) is 25.1 Å². The summed E-state index contributed by atoms with van der Waals surface area (Å²) in [5.41, 5.74) is 6.33. The summed E-state index contributed by atoms with van der Waals surface area (Å²) in [5, 5.41) is 0. The van der Waals surface area contributed by atoms with Gasteiger partial charge in [-0.15, -0.1) is 0 Å². The Labute approximate surface area is 102 Å². The maximum Gasteiger partial charge on any atom is 0.234 e. The summed E-state index contributed by atoms with van der Waals surface area (Å²) in [5.74, 6) is 0.906. The highest BCUT2D eigenvalue weighted by molar-refractivity contribution is 5.75. The lowest BCUT2D eigenvalue weighted by Gasteiger charge is -2.09. The van der Waals surface area contributed by atoms with E-state index in [1.807, 2.05) is 18.2 Å². The van der Waals surface area contributed by atoms with Gasteiger partial charge in [0.1, 0.15) is 5.75 Å². The van der Waals surface area contributed by atoms with Crippen LogP contribution in [0.2, 0.25) is 0 Å². The van der Waals surface area contributed by atoms with Crippen molar-refractivity contribution >= 4 is 5.91 Å². The van der Waals surface area contributed by atoms with E-state index in [1.165, 1.54) is 5.56 Å². The number of benzene rings is 1. The highest BCUT2D eigenvalue weighted by Crippen LogP contribution is 2.18. The normalized spacial score (nSPS) is 10.0. The summed E-state index contributed by atoms with van der Waals surface area (Å²) < 4.78 is 5.66. The second-order valence-electron chi connectivity index (χ2n) is 3.71. The van der Waals surface area contributed by atoms with Crippen molar-refractivity contribution in [1.82, 2.24) is 10.9 Å². The van der Waals surface area contributed by atoms with E-state index in [2.05, 4.69) is 23.8 Å². The molecule has 1 aromatic rings. The van der Waals surface area contributed by atoms with Gasteiger partial charge in [-0.05, 0) is 24.5 Å². The fourth-order valence-corrected chi connectivity index (χ4v) is 1.55. The Bertz CT molecular complexity index is 353. The molecule has 94 valence electrons. The Morgan fingerprint density at radius 2 is 2.12 bits per heavy atom. The van der Waals surface area contributed by atoms with Gasteiger partial charge in [-0.3, -0.25) is 10.2 Å². The van der Waals surface area contributed by atoms with Crippen molar-refractivity contribution in [3.8, 4) is 5.75 Å². The predicted octanol–water partition coefficient (Wildman–Crippen LogP) is 1.66. The molecule has 4 nitrogen and oxygen atoms in total. The summed E-state index contributed by atoms with van der Waals surface area (Å²) in [7, 11) is 1.67. The number of rotatable bonds is 7. The number of hydrazine groups is 1. The molecular weight excluding hydrogens is 216 g/mol. The molecule has 1 amide bonds. The van der Waals surface area contributed by atoms with Gasteiger partial charge >= 0.3 is 0 Å². The smallest absolute Gasteiger partial charge is 0.234 e. The van der Waals surface area contributed by atoms with Crippen molar-refractivity contribution in [3.63, 3.8) is 0 Å². The van der Waals surface area contributed by atoms with E-state index >= 15 is 0 Å². The molecule has 17 heavy (non-hydrogen) atoms. The first-order valence-electron chi connectivity index (χ1n) is 5.94. The van der Waals surface area contributed by atoms with E-state index < -0.39 is 0 Å². The zero-order chi connectivity index (χ0) is 12.5. The minimum Gasteiger partial charge on any atom is -0.493 e. The molecule has 1 aromatic carbocycles. The molecule has 0 aliphatic carbocycles. The molecule has 0 atom stereocenters. The summed E-state index contributed by atoms with van der Waals surface area (Å²) in [6, 6.07) is 7.99. The molecule has 1 rings (SSSR count). The predicted molar refractivity (Wildman–Crippen MR) is 67.8 cm³/mol. The van der Waals surface area contributed by atoms with Crippen LogP contribution in [0.3, 0.4) is 0 Å². The Morgan fingerprint density at radius 1 is 1.35 bits per heavy atom. The van der Waals surface area contributed by atoms with Crippen molar-refractivity contribution in [2.24, 2.45) is 0 Å². The maximum absolute atomic E-state index is 11.1. The quantitative estimate of drug-likeness (QED) is 0.559. The lowest BCUT2D eigenvalue weighted by Crippen LogP contribution is -2.34. The number of hydrogen-bond donors (Lipinski definition) is 2. The van der Waals surface area contributed by atoms with Crippen LogP contribution in [0, 0.1) is 0 Å². The summed E-state index contributed by atoms with van der Waals surface area (Å²) in [6.45, 7) is 2.66. The van der Waals surface area contributed by atoms with Crippen LogP contribution in [0.15, 0.2) is 24.3 Å². The first-order chi connectivity index (χ1) is 8.27. The monoisotopic (exact) mass is 236 g/mol. The Morgan fingerprint density at radius 3 is 2.82 bits per heavy atom. The van der Waals surface area contributed by atoms with Crippen LogP contribution in [0.25, 0.3) is 0 Å². The molecule has 0 radical (unpaired) electrons. The van der Waals surface area contributed by atoms with E-state index in [-0.39, 0.29) is 5.91 Å². The lowest BCUT2D eigenvalue weighted by atomic mass is 10.1. The molecule has 0 bridgehead atoms. The largest absolute Gasteiger partial charge is 0.493 e. The third-order valence-corrected chi connectivity index (χ3v) is 2.42. The second kappa shape index (κ2) is 7.68. The molecule has 0 aliphatic heterocycles. The Hall–Kier alpha value is -1.55. The summed E-state index contributed by atoms with van der Waals surface area (Å²) in [6.07, 6.45) is 2.14. The zero-order valence-corrected chi connectivity index (χ0v) is 10.5. The number of amides is 1. The molecule has 2 N–H and O–H groups in total. The number of hydrogen-bond acceptors (Lipinski definition) is 3. The van der Waals surface area contributed by atoms with Crippen LogP contribution in [0.1, 0.15) is 25.3 Å². The van der Waals surface area contributed by atoms with E-state index in [0.29, 0.717) is 19.4 Å². The van der Waals surface area contributed by atoms with Crippen LogP contribution in [-0.2, 0) is 11.2 Å². The van der Waals surface area contributed by atoms with Gasteiger partial charge in [-0.2, -0.15) is 0 Å². The van der Waals surface area contributed by atoms with Crippen LogP contribution in [-0.4, -0.2) is 19.6 Å². The summed E-state index contributed by atoms with van der Waals surface area (Å²) >= 11 is 0. The average molecular weight is 236 g/mol. The van der Waals surface area contributed by atoms with E-state index in [0.717, 1.165) is 12.2 Å². The first kappa shape index (κ1) is 13.5. The van der Waals surface area contributed by atoms with Gasteiger partial charge in [0, 0.05) is 13.5 Å². The summed E-state index contributed by atoms with van der Waals surface area (Å²) in [4.78, 5) is 11.1. The van der Waals surface area contributed by atoms with Gasteiger partial charge in [0.15, 0.2) is 0 Å². The Balaban J connectivity index is 2.28. The Kier molecular flexibility index (Phi) is 6.10. The number of aryl methyl sites for hydroxylation is 1. The van der Waals surface area contributed by atoms with E-state index in [9.17, 15) is 4.79 Å². The van der Waals surface area contributed by atoms with Crippen molar-refractivity contribution in [2.45, 2.75) is 26.2 Å². The van der Waals surface area contributed by atoms with Gasteiger partial charge < -0.3 is 4.74 Å². The minimum absolute atomic E-state index is 0.0140. The topological polar surface area (TPSA) is 50.4 Å². The first-order valence-corrected chi connectivity index (χ1v) is 5.94. The van der Waals surface area contributed by atoms with Crippen LogP contribution in [0.5, 0.6) is 5.75 Å². The third-order valence-electron chi connectivity index (χ3n) is 2.42.